The molecule has 0 atom stereocenters. The van der Waals surface area contributed by atoms with Crippen LogP contribution < -0.4 is 0 Å². The number of rotatable bonds is 6. The SMILES string of the molecule is C=C/C=C/CCC(C(=O)OC(C)(C)C)C(=O)OC(C)(C)C. The van der Waals surface area contributed by atoms with Crippen LogP contribution in [0, 0.1) is 5.92 Å². The van der Waals surface area contributed by atoms with Crippen LogP contribution in [0.25, 0.3) is 0 Å². The van der Waals surface area contributed by atoms with Gasteiger partial charge in [-0.05, 0) is 54.4 Å². The van der Waals surface area contributed by atoms with Crippen LogP contribution in [0.3, 0.4) is 0 Å². The van der Waals surface area contributed by atoms with Gasteiger partial charge >= 0.3 is 11.9 Å². The molecule has 0 aliphatic rings. The van der Waals surface area contributed by atoms with Gasteiger partial charge in [0.05, 0.1) is 0 Å². The van der Waals surface area contributed by atoms with E-state index >= 15 is 0 Å². The van der Waals surface area contributed by atoms with Gasteiger partial charge in [-0.1, -0.05) is 24.8 Å². The average molecular weight is 296 g/mol. The fraction of sp³-hybridized carbons (Fsp3) is 0.647. The normalized spacial score (nSPS) is 12.5. The first-order valence-electron chi connectivity index (χ1n) is 7.19. The summed E-state index contributed by atoms with van der Waals surface area (Å²) in [5, 5.41) is 0. The lowest BCUT2D eigenvalue weighted by atomic mass is 10.0. The van der Waals surface area contributed by atoms with Crippen molar-refractivity contribution in [2.75, 3.05) is 0 Å². The third-order valence-electron chi connectivity index (χ3n) is 2.28. The summed E-state index contributed by atoms with van der Waals surface area (Å²) >= 11 is 0. The molecule has 0 rings (SSSR count). The van der Waals surface area contributed by atoms with Gasteiger partial charge in [-0.25, -0.2) is 0 Å². The van der Waals surface area contributed by atoms with Gasteiger partial charge in [0.25, 0.3) is 0 Å². The highest BCUT2D eigenvalue weighted by Gasteiger charge is 2.34. The topological polar surface area (TPSA) is 52.6 Å². The number of esters is 2. The number of carbonyl (C=O) groups is 2. The van der Waals surface area contributed by atoms with Gasteiger partial charge in [-0.15, -0.1) is 0 Å². The third-order valence-corrected chi connectivity index (χ3v) is 2.28. The van der Waals surface area contributed by atoms with E-state index in [0.29, 0.717) is 12.8 Å². The molecule has 4 nitrogen and oxygen atoms in total. The van der Waals surface area contributed by atoms with Crippen molar-refractivity contribution in [1.29, 1.82) is 0 Å². The van der Waals surface area contributed by atoms with E-state index in [4.69, 9.17) is 9.47 Å². The zero-order chi connectivity index (χ0) is 16.7. The molecule has 120 valence electrons. The Morgan fingerprint density at radius 1 is 1.00 bits per heavy atom. The molecule has 0 spiro atoms. The second-order valence-electron chi connectivity index (χ2n) is 6.86. The van der Waals surface area contributed by atoms with Crippen LogP contribution in [0.4, 0.5) is 0 Å². The standard InChI is InChI=1S/C17H28O4/c1-8-9-10-11-12-13(14(18)20-16(2,3)4)15(19)21-17(5,6)7/h8-10,13H,1,11-12H2,2-7H3/b10-9+. The molecule has 0 saturated heterocycles. The third kappa shape index (κ3) is 9.88. The van der Waals surface area contributed by atoms with Crippen molar-refractivity contribution in [2.24, 2.45) is 5.92 Å². The molecule has 0 heterocycles. The van der Waals surface area contributed by atoms with E-state index in [-0.39, 0.29) is 0 Å². The highest BCUT2D eigenvalue weighted by molar-refractivity contribution is 5.95. The summed E-state index contributed by atoms with van der Waals surface area (Å²) in [6, 6.07) is 0. The van der Waals surface area contributed by atoms with E-state index < -0.39 is 29.1 Å². The predicted molar refractivity (Wildman–Crippen MR) is 83.8 cm³/mol. The molecular weight excluding hydrogens is 268 g/mol. The molecule has 0 fully saturated rings. The van der Waals surface area contributed by atoms with Gasteiger partial charge in [0.1, 0.15) is 11.2 Å². The van der Waals surface area contributed by atoms with Gasteiger partial charge in [-0.3, -0.25) is 9.59 Å². The van der Waals surface area contributed by atoms with Crippen LogP contribution in [0.2, 0.25) is 0 Å². The van der Waals surface area contributed by atoms with Crippen molar-refractivity contribution in [3.63, 3.8) is 0 Å². The average Bonchev–Trinajstić information content (AvgIpc) is 2.23. The molecule has 0 aromatic rings. The molecule has 0 N–H and O–H groups in total. The number of carbonyl (C=O) groups excluding carboxylic acids is 2. The molecule has 0 unspecified atom stereocenters. The van der Waals surface area contributed by atoms with E-state index in [2.05, 4.69) is 6.58 Å². The molecule has 21 heavy (non-hydrogen) atoms. The summed E-state index contributed by atoms with van der Waals surface area (Å²) < 4.78 is 10.6. The zero-order valence-electron chi connectivity index (χ0n) is 14.1. The highest BCUT2D eigenvalue weighted by Crippen LogP contribution is 2.20. The highest BCUT2D eigenvalue weighted by atomic mass is 16.6. The molecule has 0 aliphatic carbocycles. The Kier molecular flexibility index (Phi) is 7.41. The largest absolute Gasteiger partial charge is 0.459 e. The molecule has 0 radical (unpaired) electrons. The molecule has 0 aliphatic heterocycles. The van der Waals surface area contributed by atoms with Crippen molar-refractivity contribution < 1.29 is 19.1 Å². The first-order valence-corrected chi connectivity index (χ1v) is 7.19. The van der Waals surface area contributed by atoms with Crippen LogP contribution in [0.15, 0.2) is 24.8 Å². The van der Waals surface area contributed by atoms with E-state index in [9.17, 15) is 9.59 Å². The molecule has 0 aromatic carbocycles. The van der Waals surface area contributed by atoms with E-state index in [1.165, 1.54) is 0 Å². The monoisotopic (exact) mass is 296 g/mol. The Morgan fingerprint density at radius 2 is 1.43 bits per heavy atom. The van der Waals surface area contributed by atoms with E-state index in [1.807, 2.05) is 6.08 Å². The van der Waals surface area contributed by atoms with Crippen LogP contribution in [0.1, 0.15) is 54.4 Å². The van der Waals surface area contributed by atoms with Gasteiger partial charge in [0, 0.05) is 0 Å². The maximum absolute atomic E-state index is 12.2. The van der Waals surface area contributed by atoms with Crippen molar-refractivity contribution in [3.8, 4) is 0 Å². The lowest BCUT2D eigenvalue weighted by molar-refractivity contribution is -0.174. The molecule has 0 bridgehead atoms. The summed E-state index contributed by atoms with van der Waals surface area (Å²) in [5.74, 6) is -1.98. The first kappa shape index (κ1) is 19.4. The Bertz CT molecular complexity index is 366. The molecule has 4 heteroatoms. The maximum Gasteiger partial charge on any atom is 0.320 e. The Hall–Kier alpha value is -1.58. The van der Waals surface area contributed by atoms with Crippen molar-refractivity contribution in [1.82, 2.24) is 0 Å². The fourth-order valence-electron chi connectivity index (χ4n) is 1.53. The molecule has 0 saturated carbocycles. The van der Waals surface area contributed by atoms with E-state index in [0.717, 1.165) is 0 Å². The summed E-state index contributed by atoms with van der Waals surface area (Å²) in [6.45, 7) is 14.2. The lowest BCUT2D eigenvalue weighted by Gasteiger charge is -2.26. The minimum atomic E-state index is -0.905. The number of hydrogen-bond acceptors (Lipinski definition) is 4. The van der Waals surface area contributed by atoms with Gasteiger partial charge in [0.2, 0.25) is 0 Å². The second kappa shape index (κ2) is 8.01. The van der Waals surface area contributed by atoms with E-state index in [1.54, 1.807) is 53.7 Å². The van der Waals surface area contributed by atoms with Crippen LogP contribution in [-0.2, 0) is 19.1 Å². The van der Waals surface area contributed by atoms with Crippen LogP contribution in [0.5, 0.6) is 0 Å². The summed E-state index contributed by atoms with van der Waals surface area (Å²) in [7, 11) is 0. The van der Waals surface area contributed by atoms with Gasteiger partial charge in [0.15, 0.2) is 5.92 Å². The molecule has 0 amide bonds. The maximum atomic E-state index is 12.2. The minimum Gasteiger partial charge on any atom is -0.459 e. The van der Waals surface area contributed by atoms with Crippen LogP contribution in [-0.4, -0.2) is 23.1 Å². The van der Waals surface area contributed by atoms with Gasteiger partial charge < -0.3 is 9.47 Å². The quantitative estimate of drug-likeness (QED) is 0.425. The Labute approximate surface area is 128 Å². The Balaban J connectivity index is 4.91. The van der Waals surface area contributed by atoms with Crippen molar-refractivity contribution in [2.45, 2.75) is 65.6 Å². The number of ether oxygens (including phenoxy) is 2. The minimum absolute atomic E-state index is 0.355. The summed E-state index contributed by atoms with van der Waals surface area (Å²) in [5.41, 5.74) is -1.26. The summed E-state index contributed by atoms with van der Waals surface area (Å²) in [4.78, 5) is 24.4. The first-order chi connectivity index (χ1) is 9.46. The Morgan fingerprint density at radius 3 is 1.76 bits per heavy atom. The predicted octanol–water partition coefficient (Wildman–Crippen LogP) is 3.81. The van der Waals surface area contributed by atoms with Crippen molar-refractivity contribution in [3.05, 3.63) is 24.8 Å². The number of allylic oxidation sites excluding steroid dienone is 3. The zero-order valence-corrected chi connectivity index (χ0v) is 14.1. The smallest absolute Gasteiger partial charge is 0.320 e. The number of hydrogen-bond donors (Lipinski definition) is 0. The molecular formula is C17H28O4. The van der Waals surface area contributed by atoms with Gasteiger partial charge in [-0.2, -0.15) is 0 Å². The lowest BCUT2D eigenvalue weighted by Crippen LogP contribution is -2.36. The molecule has 0 aromatic heterocycles. The second-order valence-corrected chi connectivity index (χ2v) is 6.86. The summed E-state index contributed by atoms with van der Waals surface area (Å²) in [6.07, 6.45) is 6.22. The van der Waals surface area contributed by atoms with Crippen LogP contribution >= 0.6 is 0 Å². The van der Waals surface area contributed by atoms with Crippen molar-refractivity contribution >= 4 is 11.9 Å². The fourth-order valence-corrected chi connectivity index (χ4v) is 1.53.